The molecule has 0 radical (unpaired) electrons. The third kappa shape index (κ3) is 2.61. The molecule has 1 N–H and O–H groups in total. The molecule has 2 rings (SSSR count). The maximum Gasteiger partial charge on any atom is 0.255 e. The van der Waals surface area contributed by atoms with E-state index < -0.39 is 5.60 Å². The van der Waals surface area contributed by atoms with Gasteiger partial charge in [-0.25, -0.2) is 0 Å². The van der Waals surface area contributed by atoms with Crippen LogP contribution in [-0.2, 0) is 14.3 Å². The summed E-state index contributed by atoms with van der Waals surface area (Å²) in [5, 5.41) is 3.26. The van der Waals surface area contributed by atoms with Crippen LogP contribution in [0.4, 0.5) is 0 Å². The van der Waals surface area contributed by atoms with Gasteiger partial charge in [0.15, 0.2) is 0 Å². The number of hydrogen-bond donors (Lipinski definition) is 1. The Labute approximate surface area is 102 Å². The van der Waals surface area contributed by atoms with Crippen LogP contribution in [0, 0.1) is 0 Å². The lowest BCUT2D eigenvalue weighted by atomic mass is 9.90. The molecule has 0 aliphatic carbocycles. The van der Waals surface area contributed by atoms with Crippen molar-refractivity contribution < 1.29 is 14.3 Å². The molecule has 0 bridgehead atoms. The number of carbonyl (C=O) groups is 1. The minimum Gasteiger partial charge on any atom is -0.375 e. The summed E-state index contributed by atoms with van der Waals surface area (Å²) in [5.41, 5.74) is -0.609. The molecule has 1 unspecified atom stereocenters. The Bertz CT molecular complexity index is 277. The highest BCUT2D eigenvalue weighted by molar-refractivity contribution is 5.85. The first-order chi connectivity index (χ1) is 8.18. The maximum atomic E-state index is 12.6. The van der Waals surface area contributed by atoms with E-state index in [4.69, 9.17) is 9.47 Å². The summed E-state index contributed by atoms with van der Waals surface area (Å²) in [6.07, 6.45) is 1.64. The molecular weight excluding hydrogens is 220 g/mol. The highest BCUT2D eigenvalue weighted by Gasteiger charge is 2.43. The van der Waals surface area contributed by atoms with Gasteiger partial charge in [0.05, 0.1) is 12.7 Å². The maximum absolute atomic E-state index is 12.6. The monoisotopic (exact) mass is 242 g/mol. The van der Waals surface area contributed by atoms with Gasteiger partial charge in [-0.3, -0.25) is 4.79 Å². The Morgan fingerprint density at radius 2 is 2.18 bits per heavy atom. The molecule has 1 atom stereocenters. The van der Waals surface area contributed by atoms with Crippen LogP contribution >= 0.6 is 0 Å². The SMILES string of the molecule is COC1(C(=O)N2CCOC(C)C2)CCNCC1. The molecular formula is C12H22N2O3. The van der Waals surface area contributed by atoms with Gasteiger partial charge in [-0.15, -0.1) is 0 Å². The molecule has 2 aliphatic heterocycles. The first kappa shape index (κ1) is 12.8. The molecule has 0 spiro atoms. The van der Waals surface area contributed by atoms with Crippen LogP contribution in [0.15, 0.2) is 0 Å². The molecule has 1 amide bonds. The van der Waals surface area contributed by atoms with Crippen LogP contribution in [0.25, 0.3) is 0 Å². The fourth-order valence-corrected chi connectivity index (χ4v) is 2.63. The molecule has 0 aromatic rings. The van der Waals surface area contributed by atoms with Crippen molar-refractivity contribution in [2.75, 3.05) is 39.9 Å². The molecule has 2 aliphatic rings. The van der Waals surface area contributed by atoms with Gasteiger partial charge in [-0.05, 0) is 32.9 Å². The number of piperidine rings is 1. The molecule has 0 aromatic carbocycles. The Kier molecular flexibility index (Phi) is 4.01. The summed E-state index contributed by atoms with van der Waals surface area (Å²) in [4.78, 5) is 14.5. The lowest BCUT2D eigenvalue weighted by molar-refractivity contribution is -0.164. The summed E-state index contributed by atoms with van der Waals surface area (Å²) < 4.78 is 11.0. The number of carbonyl (C=O) groups excluding carboxylic acids is 1. The smallest absolute Gasteiger partial charge is 0.255 e. The Hall–Kier alpha value is -0.650. The van der Waals surface area contributed by atoms with Crippen LogP contribution in [0.1, 0.15) is 19.8 Å². The number of hydrogen-bond acceptors (Lipinski definition) is 4. The van der Waals surface area contributed by atoms with Crippen molar-refractivity contribution in [1.29, 1.82) is 0 Å². The molecule has 5 nitrogen and oxygen atoms in total. The molecule has 0 saturated carbocycles. The van der Waals surface area contributed by atoms with E-state index in [2.05, 4.69) is 5.32 Å². The second-order valence-electron chi connectivity index (χ2n) is 4.88. The Morgan fingerprint density at radius 1 is 1.47 bits per heavy atom. The number of methoxy groups -OCH3 is 1. The highest BCUT2D eigenvalue weighted by Crippen LogP contribution is 2.26. The number of amides is 1. The predicted molar refractivity (Wildman–Crippen MR) is 63.8 cm³/mol. The van der Waals surface area contributed by atoms with E-state index in [1.54, 1.807) is 7.11 Å². The zero-order valence-corrected chi connectivity index (χ0v) is 10.7. The van der Waals surface area contributed by atoms with Gasteiger partial charge in [0.2, 0.25) is 0 Å². The van der Waals surface area contributed by atoms with Crippen LogP contribution < -0.4 is 5.32 Å². The van der Waals surface area contributed by atoms with Gasteiger partial charge >= 0.3 is 0 Å². The van der Waals surface area contributed by atoms with Crippen molar-refractivity contribution in [2.45, 2.75) is 31.5 Å². The molecule has 2 saturated heterocycles. The van der Waals surface area contributed by atoms with Crippen molar-refractivity contribution in [2.24, 2.45) is 0 Å². The number of nitrogens with zero attached hydrogens (tertiary/aromatic N) is 1. The van der Waals surface area contributed by atoms with Crippen LogP contribution in [0.2, 0.25) is 0 Å². The summed E-state index contributed by atoms with van der Waals surface area (Å²) in [5.74, 6) is 0.136. The largest absolute Gasteiger partial charge is 0.375 e. The Balaban J connectivity index is 2.05. The second-order valence-corrected chi connectivity index (χ2v) is 4.88. The van der Waals surface area contributed by atoms with Crippen LogP contribution in [0.3, 0.4) is 0 Å². The standard InChI is InChI=1S/C12H22N2O3/c1-10-9-14(7-8-17-10)11(15)12(16-2)3-5-13-6-4-12/h10,13H,3-9H2,1-2H3. The van der Waals surface area contributed by atoms with E-state index in [1.807, 2.05) is 11.8 Å². The fraction of sp³-hybridized carbons (Fsp3) is 0.917. The van der Waals surface area contributed by atoms with E-state index >= 15 is 0 Å². The van der Waals surface area contributed by atoms with Crippen molar-refractivity contribution in [3.8, 4) is 0 Å². The van der Waals surface area contributed by atoms with E-state index in [-0.39, 0.29) is 12.0 Å². The summed E-state index contributed by atoms with van der Waals surface area (Å²) in [7, 11) is 1.65. The van der Waals surface area contributed by atoms with Crippen LogP contribution in [0.5, 0.6) is 0 Å². The third-order valence-corrected chi connectivity index (χ3v) is 3.72. The molecule has 5 heteroatoms. The zero-order valence-electron chi connectivity index (χ0n) is 10.7. The van der Waals surface area contributed by atoms with Gasteiger partial charge in [-0.2, -0.15) is 0 Å². The second kappa shape index (κ2) is 5.33. The predicted octanol–water partition coefficient (Wildman–Crippen LogP) is 0.00230. The number of morpholine rings is 1. The van der Waals surface area contributed by atoms with Crippen molar-refractivity contribution in [1.82, 2.24) is 10.2 Å². The topological polar surface area (TPSA) is 50.8 Å². The van der Waals surface area contributed by atoms with E-state index in [9.17, 15) is 4.79 Å². The minimum absolute atomic E-state index is 0.128. The average molecular weight is 242 g/mol. The highest BCUT2D eigenvalue weighted by atomic mass is 16.5. The molecule has 2 heterocycles. The summed E-state index contributed by atoms with van der Waals surface area (Å²) in [6.45, 7) is 5.68. The quantitative estimate of drug-likeness (QED) is 0.740. The summed E-state index contributed by atoms with van der Waals surface area (Å²) in [6, 6.07) is 0. The minimum atomic E-state index is -0.609. The molecule has 98 valence electrons. The van der Waals surface area contributed by atoms with Gasteiger partial charge in [0.25, 0.3) is 5.91 Å². The van der Waals surface area contributed by atoms with Crippen molar-refractivity contribution in [3.05, 3.63) is 0 Å². The lowest BCUT2D eigenvalue weighted by Gasteiger charge is -2.41. The number of nitrogens with one attached hydrogen (secondary N) is 1. The Morgan fingerprint density at radius 3 is 2.76 bits per heavy atom. The van der Waals surface area contributed by atoms with Crippen LogP contribution in [-0.4, -0.2) is 62.4 Å². The zero-order chi connectivity index (χ0) is 12.3. The first-order valence-electron chi connectivity index (χ1n) is 6.35. The molecule has 17 heavy (non-hydrogen) atoms. The van der Waals surface area contributed by atoms with Gasteiger partial charge in [0, 0.05) is 20.2 Å². The normalized spacial score (nSPS) is 29.1. The lowest BCUT2D eigenvalue weighted by Crippen LogP contribution is -2.58. The summed E-state index contributed by atoms with van der Waals surface area (Å²) >= 11 is 0. The van der Waals surface area contributed by atoms with Gasteiger partial charge < -0.3 is 19.7 Å². The van der Waals surface area contributed by atoms with E-state index in [0.717, 1.165) is 25.9 Å². The van der Waals surface area contributed by atoms with E-state index in [0.29, 0.717) is 19.7 Å². The van der Waals surface area contributed by atoms with Crippen molar-refractivity contribution in [3.63, 3.8) is 0 Å². The molecule has 0 aromatic heterocycles. The number of ether oxygens (including phenoxy) is 2. The van der Waals surface area contributed by atoms with Crippen molar-refractivity contribution >= 4 is 5.91 Å². The van der Waals surface area contributed by atoms with Gasteiger partial charge in [-0.1, -0.05) is 0 Å². The number of rotatable bonds is 2. The molecule has 2 fully saturated rings. The van der Waals surface area contributed by atoms with E-state index in [1.165, 1.54) is 0 Å². The van der Waals surface area contributed by atoms with Gasteiger partial charge in [0.1, 0.15) is 5.60 Å². The average Bonchev–Trinajstić information content (AvgIpc) is 2.38. The fourth-order valence-electron chi connectivity index (χ4n) is 2.63. The third-order valence-electron chi connectivity index (χ3n) is 3.72. The first-order valence-corrected chi connectivity index (χ1v) is 6.35.